The number of amidine groups is 1. The third-order valence-electron chi connectivity index (χ3n) is 8.03. The number of carbonyl (C=O) groups is 2. The molecule has 2 aliphatic carbocycles. The van der Waals surface area contributed by atoms with Gasteiger partial charge in [0.15, 0.2) is 0 Å². The monoisotopic (exact) mass is 474 g/mol. The molecule has 0 atom stereocenters. The summed E-state index contributed by atoms with van der Waals surface area (Å²) in [7, 11) is 0. The second-order valence-electron chi connectivity index (χ2n) is 10.6. The van der Waals surface area contributed by atoms with Gasteiger partial charge in [-0.25, -0.2) is 9.59 Å². The molecule has 5 N–H and O–H groups in total. The molecule has 3 fully saturated rings. The second kappa shape index (κ2) is 8.28. The molecule has 3 aliphatic rings. The zero-order valence-electron chi connectivity index (χ0n) is 20.0. The third kappa shape index (κ3) is 3.61. The van der Waals surface area contributed by atoms with Crippen molar-refractivity contribution in [1.29, 1.82) is 5.41 Å². The number of urea groups is 1. The van der Waals surface area contributed by atoms with Gasteiger partial charge < -0.3 is 15.7 Å². The summed E-state index contributed by atoms with van der Waals surface area (Å²) < 4.78 is 2.32. The number of imide groups is 1. The minimum atomic E-state index is -0.868. The number of amides is 3. The molecule has 0 aromatic carbocycles. The lowest BCUT2D eigenvalue weighted by atomic mass is 9.57. The number of hydrogen-bond donors (Lipinski definition) is 4. The first-order valence-corrected chi connectivity index (χ1v) is 12.0. The first-order chi connectivity index (χ1) is 15.9. The van der Waals surface area contributed by atoms with E-state index in [-0.39, 0.29) is 41.5 Å². The molecule has 1 spiro atoms. The van der Waals surface area contributed by atoms with Crippen LogP contribution in [-0.2, 0) is 11.3 Å². The van der Waals surface area contributed by atoms with E-state index < -0.39 is 28.5 Å². The van der Waals surface area contributed by atoms with Gasteiger partial charge in [0, 0.05) is 18.6 Å². The number of rotatable bonds is 6. The standard InChI is InChI=1S/C23H34N6O5/c1-4-5-10-27-17(30)15(16(24)25)18(31)28(21(27)34)13-6-8-23(9-7-13)11-14(12-23)29-20(33)26-19(32)22(29,2)3/h13-14,30H,4-12H2,1-3H3,(H3,24,25)(H,26,32,33). The Morgan fingerprint density at radius 1 is 1.15 bits per heavy atom. The molecule has 11 heteroatoms. The van der Waals surface area contributed by atoms with Gasteiger partial charge in [0.2, 0.25) is 5.88 Å². The molecule has 1 aromatic rings. The molecule has 1 aromatic heterocycles. The van der Waals surface area contributed by atoms with Crippen molar-refractivity contribution >= 4 is 17.8 Å². The van der Waals surface area contributed by atoms with Gasteiger partial charge in [-0.05, 0) is 64.2 Å². The van der Waals surface area contributed by atoms with E-state index in [1.54, 1.807) is 18.7 Å². The summed E-state index contributed by atoms with van der Waals surface area (Å²) >= 11 is 0. The predicted molar refractivity (Wildman–Crippen MR) is 125 cm³/mol. The Morgan fingerprint density at radius 2 is 1.76 bits per heavy atom. The summed E-state index contributed by atoms with van der Waals surface area (Å²) in [5.41, 5.74) is 3.13. The Hall–Kier alpha value is -3.11. The molecular weight excluding hydrogens is 440 g/mol. The molecule has 2 heterocycles. The van der Waals surface area contributed by atoms with Crippen molar-refractivity contribution in [2.24, 2.45) is 11.1 Å². The molecule has 0 unspecified atom stereocenters. The van der Waals surface area contributed by atoms with Crippen LogP contribution in [0.4, 0.5) is 4.79 Å². The quantitative estimate of drug-likeness (QED) is 0.276. The van der Waals surface area contributed by atoms with E-state index in [9.17, 15) is 24.3 Å². The minimum absolute atomic E-state index is 0.00928. The van der Waals surface area contributed by atoms with Crippen molar-refractivity contribution in [3.05, 3.63) is 26.4 Å². The molecule has 11 nitrogen and oxygen atoms in total. The van der Waals surface area contributed by atoms with Crippen molar-refractivity contribution in [2.45, 2.75) is 96.3 Å². The lowest BCUT2D eigenvalue weighted by Gasteiger charge is -2.55. The summed E-state index contributed by atoms with van der Waals surface area (Å²) in [5, 5.41) is 20.7. The van der Waals surface area contributed by atoms with E-state index in [1.807, 2.05) is 6.92 Å². The number of hydrogen-bond acceptors (Lipinski definition) is 6. The molecule has 0 bridgehead atoms. The number of nitrogens with one attached hydrogen (secondary N) is 2. The van der Waals surface area contributed by atoms with Crippen LogP contribution in [0, 0.1) is 10.8 Å². The smallest absolute Gasteiger partial charge is 0.334 e. The van der Waals surface area contributed by atoms with Crippen LogP contribution in [0.5, 0.6) is 5.88 Å². The molecule has 1 aliphatic heterocycles. The highest BCUT2D eigenvalue weighted by Crippen LogP contribution is 2.56. The van der Waals surface area contributed by atoms with Crippen LogP contribution >= 0.6 is 0 Å². The van der Waals surface area contributed by atoms with Crippen molar-refractivity contribution in [2.75, 3.05) is 0 Å². The van der Waals surface area contributed by atoms with E-state index in [0.717, 1.165) is 36.7 Å². The van der Waals surface area contributed by atoms with Gasteiger partial charge in [-0.15, -0.1) is 0 Å². The summed E-state index contributed by atoms with van der Waals surface area (Å²) in [6, 6.07) is -0.696. The largest absolute Gasteiger partial charge is 0.494 e. The molecule has 4 rings (SSSR count). The number of unbranched alkanes of at least 4 members (excludes halogenated alkanes) is 1. The van der Waals surface area contributed by atoms with Gasteiger partial charge in [-0.3, -0.25) is 29.4 Å². The number of aromatic hydroxyl groups is 1. The maximum atomic E-state index is 13.2. The first-order valence-electron chi connectivity index (χ1n) is 12.0. The SMILES string of the molecule is CCCCn1c(O)c(C(=N)N)c(=O)n(C2CCC3(CC2)CC(N2C(=O)NC(=O)C2(C)C)C3)c1=O. The van der Waals surface area contributed by atoms with E-state index in [1.165, 1.54) is 4.57 Å². The van der Waals surface area contributed by atoms with Crippen LogP contribution in [0.1, 0.15) is 83.7 Å². The highest BCUT2D eigenvalue weighted by atomic mass is 16.3. The zero-order valence-corrected chi connectivity index (χ0v) is 20.0. The highest BCUT2D eigenvalue weighted by Gasteiger charge is 2.56. The van der Waals surface area contributed by atoms with Crippen LogP contribution < -0.4 is 22.3 Å². The van der Waals surface area contributed by atoms with Gasteiger partial charge >= 0.3 is 11.7 Å². The number of aromatic nitrogens is 2. The lowest BCUT2D eigenvalue weighted by molar-refractivity contribution is -0.128. The predicted octanol–water partition coefficient (Wildman–Crippen LogP) is 1.39. The average molecular weight is 475 g/mol. The minimum Gasteiger partial charge on any atom is -0.494 e. The fraction of sp³-hybridized carbons (Fsp3) is 0.696. The van der Waals surface area contributed by atoms with Gasteiger partial charge in [0.05, 0.1) is 0 Å². The Kier molecular flexibility index (Phi) is 5.85. The number of nitrogens with two attached hydrogens (primary N) is 1. The lowest BCUT2D eigenvalue weighted by Crippen LogP contribution is -2.59. The molecule has 3 amide bonds. The Morgan fingerprint density at radius 3 is 2.26 bits per heavy atom. The Labute approximate surface area is 197 Å². The van der Waals surface area contributed by atoms with Crippen LogP contribution in [0.3, 0.4) is 0 Å². The fourth-order valence-corrected chi connectivity index (χ4v) is 6.03. The molecular formula is C23H34N6O5. The fourth-order valence-electron chi connectivity index (χ4n) is 6.03. The van der Waals surface area contributed by atoms with Crippen molar-refractivity contribution in [3.8, 4) is 5.88 Å². The van der Waals surface area contributed by atoms with Gasteiger partial charge in [-0.1, -0.05) is 13.3 Å². The summed E-state index contributed by atoms with van der Waals surface area (Å²) in [6.45, 7) is 5.71. The molecule has 2 saturated carbocycles. The highest BCUT2D eigenvalue weighted by molar-refractivity contribution is 6.06. The molecule has 0 radical (unpaired) electrons. The molecule has 186 valence electrons. The van der Waals surface area contributed by atoms with Crippen LogP contribution in [0.25, 0.3) is 0 Å². The number of carbonyl (C=O) groups excluding carboxylic acids is 2. The summed E-state index contributed by atoms with van der Waals surface area (Å²) in [6.07, 6.45) is 5.79. The van der Waals surface area contributed by atoms with E-state index in [2.05, 4.69) is 5.32 Å². The van der Waals surface area contributed by atoms with Crippen molar-refractivity contribution in [3.63, 3.8) is 0 Å². The number of nitrogen functional groups attached to an aromatic ring is 1. The Bertz CT molecular complexity index is 1150. The van der Waals surface area contributed by atoms with E-state index in [4.69, 9.17) is 11.1 Å². The number of nitrogens with zero attached hydrogens (tertiary/aromatic N) is 3. The maximum Gasteiger partial charge on any atom is 0.334 e. The average Bonchev–Trinajstić information content (AvgIpc) is 2.93. The van der Waals surface area contributed by atoms with E-state index in [0.29, 0.717) is 19.3 Å². The topological polar surface area (TPSA) is 164 Å². The van der Waals surface area contributed by atoms with Gasteiger partial charge in [0.25, 0.3) is 11.5 Å². The summed E-state index contributed by atoms with van der Waals surface area (Å²) in [4.78, 5) is 52.3. The van der Waals surface area contributed by atoms with Gasteiger partial charge in [-0.2, -0.15) is 0 Å². The zero-order chi connectivity index (χ0) is 25.0. The van der Waals surface area contributed by atoms with E-state index >= 15 is 0 Å². The molecule has 34 heavy (non-hydrogen) atoms. The van der Waals surface area contributed by atoms with Crippen LogP contribution in [-0.4, -0.2) is 48.5 Å². The van der Waals surface area contributed by atoms with Crippen LogP contribution in [0.15, 0.2) is 9.59 Å². The first kappa shape index (κ1) is 24.0. The van der Waals surface area contributed by atoms with Crippen molar-refractivity contribution in [1.82, 2.24) is 19.4 Å². The normalized spacial score (nSPS) is 28.1. The van der Waals surface area contributed by atoms with Crippen molar-refractivity contribution < 1.29 is 14.7 Å². The molecule has 1 saturated heterocycles. The maximum absolute atomic E-state index is 13.2. The summed E-state index contributed by atoms with van der Waals surface area (Å²) in [5.74, 6) is -1.38. The second-order valence-corrected chi connectivity index (χ2v) is 10.6. The van der Waals surface area contributed by atoms with Crippen LogP contribution in [0.2, 0.25) is 0 Å². The van der Waals surface area contributed by atoms with Gasteiger partial charge in [0.1, 0.15) is 16.9 Å². The third-order valence-corrected chi connectivity index (χ3v) is 8.03. The Balaban J connectivity index is 1.53.